The SMILES string of the molecule is CC(C)(C)C[C@]1(c2ccc(-c3cnn(C(F)F)c3)c(F)c2)NC(=N)N([C@H](COC(=O)N[C@@H]2CC2(F)F)c2ccc(Cl)c(-n3ncnc3C(F)F)c2)C1=O. The Kier molecular flexibility index (Phi) is 9.67. The van der Waals surface area contributed by atoms with Gasteiger partial charge in [-0.25, -0.2) is 41.1 Å². The number of benzene rings is 2. The average molecular weight is 770 g/mol. The number of guanidine groups is 1. The van der Waals surface area contributed by atoms with Crippen LogP contribution in [0.2, 0.25) is 5.02 Å². The maximum absolute atomic E-state index is 15.8. The highest BCUT2D eigenvalue weighted by molar-refractivity contribution is 6.32. The summed E-state index contributed by atoms with van der Waals surface area (Å²) in [5.41, 5.74) is -2.51. The van der Waals surface area contributed by atoms with Gasteiger partial charge in [-0.3, -0.25) is 15.1 Å². The number of nitrogens with zero attached hydrogens (tertiary/aromatic N) is 6. The Morgan fingerprint density at radius 1 is 1.15 bits per heavy atom. The van der Waals surface area contributed by atoms with Crippen LogP contribution in [0.4, 0.5) is 35.5 Å². The zero-order chi connectivity index (χ0) is 38.6. The molecular formula is C33H31ClF7N9O3. The van der Waals surface area contributed by atoms with Gasteiger partial charge in [0.2, 0.25) is 0 Å². The number of carbonyl (C=O) groups excluding carboxylic acids is 2. The van der Waals surface area contributed by atoms with Crippen LogP contribution in [0.15, 0.2) is 55.1 Å². The van der Waals surface area contributed by atoms with Crippen LogP contribution in [0.1, 0.15) is 69.6 Å². The molecule has 3 heterocycles. The zero-order valence-electron chi connectivity index (χ0n) is 28.1. The molecule has 0 radical (unpaired) electrons. The van der Waals surface area contributed by atoms with Gasteiger partial charge in [0.25, 0.3) is 18.3 Å². The summed E-state index contributed by atoms with van der Waals surface area (Å²) in [6.45, 7) is 1.69. The normalized spacial score (nSPS) is 20.2. The highest BCUT2D eigenvalue weighted by Gasteiger charge is 2.58. The summed E-state index contributed by atoms with van der Waals surface area (Å²) < 4.78 is 103. The molecule has 2 aromatic heterocycles. The smallest absolute Gasteiger partial charge is 0.407 e. The summed E-state index contributed by atoms with van der Waals surface area (Å²) in [4.78, 5) is 31.9. The molecule has 1 saturated heterocycles. The van der Waals surface area contributed by atoms with Crippen LogP contribution in [0.25, 0.3) is 16.8 Å². The number of halogens is 8. The lowest BCUT2D eigenvalue weighted by Gasteiger charge is -2.35. The highest BCUT2D eigenvalue weighted by atomic mass is 35.5. The Balaban J connectivity index is 1.41. The van der Waals surface area contributed by atoms with Crippen LogP contribution < -0.4 is 10.6 Å². The van der Waals surface area contributed by atoms with Gasteiger partial charge >= 0.3 is 12.6 Å². The van der Waals surface area contributed by atoms with Gasteiger partial charge in [-0.05, 0) is 41.2 Å². The Labute approximate surface area is 301 Å². The molecule has 2 aliphatic rings. The summed E-state index contributed by atoms with van der Waals surface area (Å²) >= 11 is 6.38. The van der Waals surface area contributed by atoms with Crippen molar-refractivity contribution in [2.75, 3.05) is 6.61 Å². The fourth-order valence-corrected chi connectivity index (χ4v) is 6.44. The van der Waals surface area contributed by atoms with E-state index < -0.39 is 84.6 Å². The standard InChI is InChI=1S/C33H31ClF7N9O3/c1-31(2,3)14-32(18-5-6-19(21(35)9-18)17-11-44-48(12-17)28(38)39)27(51)49(29(42)47-32)23(13-53-30(52)46-24-10-33(24,40)41)16-4-7-20(34)22(8-16)50-26(25(36)37)43-15-45-50/h4-9,11-12,15,23-25,28H,10,13-14H2,1-3H3,(H2,42,47)(H,46,52)/t23-,24-,32-/m1/s1. The van der Waals surface area contributed by atoms with Crippen molar-refractivity contribution in [3.63, 3.8) is 0 Å². The first kappa shape index (κ1) is 37.6. The fourth-order valence-electron chi connectivity index (χ4n) is 6.24. The summed E-state index contributed by atoms with van der Waals surface area (Å²) in [5.74, 6) is -6.12. The quantitative estimate of drug-likeness (QED) is 0.138. The van der Waals surface area contributed by atoms with Gasteiger partial charge in [0, 0.05) is 23.7 Å². The molecule has 1 aliphatic carbocycles. The van der Waals surface area contributed by atoms with Gasteiger partial charge < -0.3 is 15.4 Å². The van der Waals surface area contributed by atoms with E-state index in [1.54, 1.807) is 20.8 Å². The van der Waals surface area contributed by atoms with Gasteiger partial charge in [0.1, 0.15) is 30.3 Å². The molecule has 12 nitrogen and oxygen atoms in total. The maximum atomic E-state index is 15.8. The van der Waals surface area contributed by atoms with Crippen LogP contribution in [0.3, 0.4) is 0 Å². The number of alkyl halides is 6. The van der Waals surface area contributed by atoms with E-state index in [1.165, 1.54) is 30.3 Å². The minimum Gasteiger partial charge on any atom is -0.447 e. The van der Waals surface area contributed by atoms with E-state index in [1.807, 2.05) is 5.32 Å². The predicted molar refractivity (Wildman–Crippen MR) is 174 cm³/mol. The monoisotopic (exact) mass is 769 g/mol. The van der Waals surface area contributed by atoms with Crippen LogP contribution in [0, 0.1) is 16.6 Å². The molecule has 3 atom stereocenters. The van der Waals surface area contributed by atoms with Crippen molar-refractivity contribution in [2.24, 2.45) is 5.41 Å². The molecule has 4 aromatic rings. The minimum atomic E-state index is -3.12. The first-order valence-electron chi connectivity index (χ1n) is 15.9. The van der Waals surface area contributed by atoms with Crippen LogP contribution in [0.5, 0.6) is 0 Å². The lowest BCUT2D eigenvalue weighted by Crippen LogP contribution is -2.47. The number of alkyl carbamates (subject to hydrolysis) is 1. The highest BCUT2D eigenvalue weighted by Crippen LogP contribution is 2.44. The third-order valence-corrected chi connectivity index (χ3v) is 9.00. The second-order valence-electron chi connectivity index (χ2n) is 13.8. The van der Waals surface area contributed by atoms with Crippen molar-refractivity contribution >= 4 is 29.6 Å². The molecular weight excluding hydrogens is 739 g/mol. The summed E-state index contributed by atoms with van der Waals surface area (Å²) in [7, 11) is 0. The number of rotatable bonds is 11. The van der Waals surface area contributed by atoms with E-state index in [-0.39, 0.29) is 39.4 Å². The number of carbonyl (C=O) groups is 2. The fraction of sp³-hybridized carbons (Fsp3) is 0.394. The van der Waals surface area contributed by atoms with Crippen molar-refractivity contribution in [3.05, 3.63) is 82.9 Å². The molecule has 0 unspecified atom stereocenters. The molecule has 0 bridgehead atoms. The second kappa shape index (κ2) is 13.7. The number of ether oxygens (including phenoxy) is 1. The third-order valence-electron chi connectivity index (χ3n) is 8.68. The summed E-state index contributed by atoms with van der Waals surface area (Å²) in [6.07, 6.45) is -2.06. The van der Waals surface area contributed by atoms with Gasteiger partial charge in [-0.2, -0.15) is 19.0 Å². The Bertz CT molecular complexity index is 2070. The van der Waals surface area contributed by atoms with E-state index in [2.05, 4.69) is 20.5 Å². The van der Waals surface area contributed by atoms with Crippen molar-refractivity contribution in [1.82, 2.24) is 40.1 Å². The van der Waals surface area contributed by atoms with E-state index in [4.69, 9.17) is 21.7 Å². The lowest BCUT2D eigenvalue weighted by atomic mass is 9.75. The summed E-state index contributed by atoms with van der Waals surface area (Å²) in [5, 5.41) is 21.2. The van der Waals surface area contributed by atoms with Crippen molar-refractivity contribution < 1.29 is 45.1 Å². The molecule has 0 spiro atoms. The second-order valence-corrected chi connectivity index (χ2v) is 14.2. The third kappa shape index (κ3) is 7.38. The predicted octanol–water partition coefficient (Wildman–Crippen LogP) is 7.13. The largest absolute Gasteiger partial charge is 0.447 e. The number of amides is 2. The van der Waals surface area contributed by atoms with Crippen molar-refractivity contribution in [3.8, 4) is 16.8 Å². The number of nitrogens with one attached hydrogen (secondary N) is 3. The first-order chi connectivity index (χ1) is 24.8. The molecule has 53 heavy (non-hydrogen) atoms. The van der Waals surface area contributed by atoms with Crippen LogP contribution in [-0.4, -0.2) is 66.0 Å². The number of aromatic nitrogens is 5. The topological polar surface area (TPSA) is 143 Å². The van der Waals surface area contributed by atoms with E-state index in [0.717, 1.165) is 34.4 Å². The minimum absolute atomic E-state index is 0.0345. The molecule has 20 heteroatoms. The summed E-state index contributed by atoms with van der Waals surface area (Å²) in [6, 6.07) is 4.79. The molecule has 2 amide bonds. The van der Waals surface area contributed by atoms with Crippen LogP contribution in [-0.2, 0) is 15.1 Å². The molecule has 2 aromatic carbocycles. The molecule has 6 rings (SSSR count). The number of hydrogen-bond donors (Lipinski definition) is 3. The van der Waals surface area contributed by atoms with E-state index >= 15 is 4.39 Å². The number of hydrogen-bond acceptors (Lipinski definition) is 7. The molecule has 3 N–H and O–H groups in total. The van der Waals surface area contributed by atoms with Crippen molar-refractivity contribution in [2.45, 2.75) is 70.1 Å². The first-order valence-corrected chi connectivity index (χ1v) is 16.3. The zero-order valence-corrected chi connectivity index (χ0v) is 28.8. The van der Waals surface area contributed by atoms with Gasteiger partial charge in [0.05, 0.1) is 22.9 Å². The van der Waals surface area contributed by atoms with E-state index in [9.17, 15) is 35.9 Å². The lowest BCUT2D eigenvalue weighted by molar-refractivity contribution is -0.134. The van der Waals surface area contributed by atoms with Gasteiger partial charge in [0.15, 0.2) is 11.8 Å². The molecule has 2 fully saturated rings. The molecule has 1 saturated carbocycles. The van der Waals surface area contributed by atoms with E-state index in [0.29, 0.717) is 4.68 Å². The maximum Gasteiger partial charge on any atom is 0.407 e. The average Bonchev–Trinajstić information content (AvgIpc) is 3.52. The molecule has 1 aliphatic heterocycles. The Morgan fingerprint density at radius 2 is 1.87 bits per heavy atom. The molecule has 282 valence electrons. The van der Waals surface area contributed by atoms with Crippen LogP contribution >= 0.6 is 11.6 Å². The van der Waals surface area contributed by atoms with Crippen molar-refractivity contribution in [1.29, 1.82) is 5.41 Å². The van der Waals surface area contributed by atoms with Gasteiger partial charge in [-0.15, -0.1) is 0 Å². The Hall–Kier alpha value is -5.20. The Morgan fingerprint density at radius 3 is 2.47 bits per heavy atom. The van der Waals surface area contributed by atoms with Gasteiger partial charge in [-0.1, -0.05) is 50.6 Å².